The monoisotopic (exact) mass is 258 g/mol. The molecule has 110 valence electrons. The predicted molar refractivity (Wildman–Crippen MR) is 79.1 cm³/mol. The zero-order valence-corrected chi connectivity index (χ0v) is 13.3. The lowest BCUT2D eigenvalue weighted by atomic mass is 9.89. The lowest BCUT2D eigenvalue weighted by Crippen LogP contribution is -2.34. The van der Waals surface area contributed by atoms with Crippen LogP contribution in [0.15, 0.2) is 0 Å². The van der Waals surface area contributed by atoms with Gasteiger partial charge in [0.15, 0.2) is 0 Å². The molecule has 0 aliphatic carbocycles. The van der Waals surface area contributed by atoms with E-state index in [2.05, 4.69) is 34.6 Å². The summed E-state index contributed by atoms with van der Waals surface area (Å²) in [6.45, 7) is 13.6. The molecule has 0 N–H and O–H groups in total. The molecular formula is C16H34O2. The largest absolute Gasteiger partial charge is 0.379 e. The SMILES string of the molecule is CCCCCOCC(OCCCCC)C(C)(C)C. The van der Waals surface area contributed by atoms with E-state index in [4.69, 9.17) is 9.47 Å². The molecule has 0 saturated heterocycles. The van der Waals surface area contributed by atoms with Gasteiger partial charge in [-0.05, 0) is 18.3 Å². The van der Waals surface area contributed by atoms with E-state index in [9.17, 15) is 0 Å². The van der Waals surface area contributed by atoms with Gasteiger partial charge in [-0.25, -0.2) is 0 Å². The van der Waals surface area contributed by atoms with Crippen molar-refractivity contribution in [3.05, 3.63) is 0 Å². The van der Waals surface area contributed by atoms with E-state index in [1.807, 2.05) is 0 Å². The summed E-state index contributed by atoms with van der Waals surface area (Å²) in [5.41, 5.74) is 0.164. The van der Waals surface area contributed by atoms with Crippen molar-refractivity contribution in [2.24, 2.45) is 5.41 Å². The number of ether oxygens (including phenoxy) is 2. The molecule has 0 radical (unpaired) electrons. The Labute approximate surface area is 114 Å². The first-order valence-electron chi connectivity index (χ1n) is 7.71. The molecule has 0 aromatic rings. The van der Waals surface area contributed by atoms with Gasteiger partial charge in [0.2, 0.25) is 0 Å². The zero-order valence-electron chi connectivity index (χ0n) is 13.3. The first kappa shape index (κ1) is 17.9. The van der Waals surface area contributed by atoms with Gasteiger partial charge in [-0.1, -0.05) is 60.3 Å². The summed E-state index contributed by atoms with van der Waals surface area (Å²) in [6, 6.07) is 0. The van der Waals surface area contributed by atoms with E-state index in [1.54, 1.807) is 0 Å². The van der Waals surface area contributed by atoms with Crippen LogP contribution in [-0.2, 0) is 9.47 Å². The van der Waals surface area contributed by atoms with Gasteiger partial charge >= 0.3 is 0 Å². The van der Waals surface area contributed by atoms with E-state index >= 15 is 0 Å². The fraction of sp³-hybridized carbons (Fsp3) is 1.00. The van der Waals surface area contributed by atoms with Crippen molar-refractivity contribution in [3.8, 4) is 0 Å². The third-order valence-electron chi connectivity index (χ3n) is 3.19. The maximum atomic E-state index is 5.99. The van der Waals surface area contributed by atoms with Gasteiger partial charge < -0.3 is 9.47 Å². The fourth-order valence-corrected chi connectivity index (χ4v) is 1.77. The molecule has 0 fully saturated rings. The van der Waals surface area contributed by atoms with Crippen LogP contribution in [0.1, 0.15) is 73.1 Å². The van der Waals surface area contributed by atoms with E-state index in [-0.39, 0.29) is 11.5 Å². The minimum atomic E-state index is 0.164. The molecule has 0 bridgehead atoms. The molecule has 0 spiro atoms. The summed E-state index contributed by atoms with van der Waals surface area (Å²) in [7, 11) is 0. The Morgan fingerprint density at radius 2 is 1.39 bits per heavy atom. The molecule has 1 atom stereocenters. The van der Waals surface area contributed by atoms with Crippen LogP contribution in [0.5, 0.6) is 0 Å². The first-order valence-corrected chi connectivity index (χ1v) is 7.71. The minimum absolute atomic E-state index is 0.164. The van der Waals surface area contributed by atoms with E-state index in [1.165, 1.54) is 38.5 Å². The quantitative estimate of drug-likeness (QED) is 0.495. The molecule has 0 rings (SSSR count). The van der Waals surface area contributed by atoms with Gasteiger partial charge in [-0.2, -0.15) is 0 Å². The average molecular weight is 258 g/mol. The Morgan fingerprint density at radius 3 is 1.89 bits per heavy atom. The van der Waals surface area contributed by atoms with Crippen LogP contribution in [0.2, 0.25) is 0 Å². The summed E-state index contributed by atoms with van der Waals surface area (Å²) < 4.78 is 11.7. The van der Waals surface area contributed by atoms with Crippen molar-refractivity contribution in [2.75, 3.05) is 19.8 Å². The highest BCUT2D eigenvalue weighted by molar-refractivity contribution is 4.74. The molecule has 0 aromatic heterocycles. The molecular weight excluding hydrogens is 224 g/mol. The number of hydrogen-bond acceptors (Lipinski definition) is 2. The second-order valence-corrected chi connectivity index (χ2v) is 6.21. The van der Waals surface area contributed by atoms with E-state index in [0.717, 1.165) is 19.8 Å². The lowest BCUT2D eigenvalue weighted by Gasteiger charge is -2.30. The first-order chi connectivity index (χ1) is 8.52. The lowest BCUT2D eigenvalue weighted by molar-refractivity contribution is -0.0704. The van der Waals surface area contributed by atoms with Gasteiger partial charge in [0, 0.05) is 13.2 Å². The molecule has 2 nitrogen and oxygen atoms in total. The van der Waals surface area contributed by atoms with Gasteiger partial charge in [0.1, 0.15) is 0 Å². The molecule has 0 heterocycles. The van der Waals surface area contributed by atoms with Crippen LogP contribution >= 0.6 is 0 Å². The number of hydrogen-bond donors (Lipinski definition) is 0. The molecule has 0 saturated carbocycles. The van der Waals surface area contributed by atoms with Crippen molar-refractivity contribution < 1.29 is 9.47 Å². The Kier molecular flexibility index (Phi) is 10.8. The maximum Gasteiger partial charge on any atom is 0.0856 e. The van der Waals surface area contributed by atoms with Crippen LogP contribution in [0.4, 0.5) is 0 Å². The van der Waals surface area contributed by atoms with Crippen LogP contribution in [0.3, 0.4) is 0 Å². The Bertz CT molecular complexity index is 172. The number of rotatable bonds is 11. The van der Waals surface area contributed by atoms with Crippen LogP contribution < -0.4 is 0 Å². The molecule has 0 aliphatic rings. The van der Waals surface area contributed by atoms with Crippen molar-refractivity contribution in [2.45, 2.75) is 79.2 Å². The van der Waals surface area contributed by atoms with Crippen molar-refractivity contribution in [3.63, 3.8) is 0 Å². The highest BCUT2D eigenvalue weighted by Gasteiger charge is 2.25. The highest BCUT2D eigenvalue weighted by atomic mass is 16.5. The van der Waals surface area contributed by atoms with E-state index < -0.39 is 0 Å². The van der Waals surface area contributed by atoms with Crippen molar-refractivity contribution >= 4 is 0 Å². The third kappa shape index (κ3) is 9.90. The van der Waals surface area contributed by atoms with Crippen molar-refractivity contribution in [1.82, 2.24) is 0 Å². The van der Waals surface area contributed by atoms with Crippen LogP contribution in [0, 0.1) is 5.41 Å². The molecule has 0 aromatic carbocycles. The summed E-state index contributed by atoms with van der Waals surface area (Å²) in [5, 5.41) is 0. The Balaban J connectivity index is 3.79. The second-order valence-electron chi connectivity index (χ2n) is 6.21. The normalized spacial score (nSPS) is 13.8. The molecule has 0 amide bonds. The number of unbranched alkanes of at least 4 members (excludes halogenated alkanes) is 4. The molecule has 1 unspecified atom stereocenters. The van der Waals surface area contributed by atoms with Gasteiger partial charge in [0.05, 0.1) is 12.7 Å². The fourth-order valence-electron chi connectivity index (χ4n) is 1.77. The molecule has 0 aliphatic heterocycles. The van der Waals surface area contributed by atoms with Gasteiger partial charge in [-0.3, -0.25) is 0 Å². The Morgan fingerprint density at radius 1 is 0.833 bits per heavy atom. The van der Waals surface area contributed by atoms with Gasteiger partial charge in [0.25, 0.3) is 0 Å². The summed E-state index contributed by atoms with van der Waals surface area (Å²) in [6.07, 6.45) is 7.57. The second kappa shape index (κ2) is 10.8. The maximum absolute atomic E-state index is 5.99. The smallest absolute Gasteiger partial charge is 0.0856 e. The standard InChI is InChI=1S/C16H34O2/c1-6-8-10-12-17-14-15(16(3,4)5)18-13-11-9-7-2/h15H,6-14H2,1-5H3. The highest BCUT2D eigenvalue weighted by Crippen LogP contribution is 2.23. The minimum Gasteiger partial charge on any atom is -0.379 e. The summed E-state index contributed by atoms with van der Waals surface area (Å²) >= 11 is 0. The Hall–Kier alpha value is -0.0800. The third-order valence-corrected chi connectivity index (χ3v) is 3.19. The molecule has 2 heteroatoms. The summed E-state index contributed by atoms with van der Waals surface area (Å²) in [5.74, 6) is 0. The van der Waals surface area contributed by atoms with Crippen molar-refractivity contribution in [1.29, 1.82) is 0 Å². The molecule has 18 heavy (non-hydrogen) atoms. The average Bonchev–Trinajstić information content (AvgIpc) is 2.30. The van der Waals surface area contributed by atoms with Crippen LogP contribution in [0.25, 0.3) is 0 Å². The van der Waals surface area contributed by atoms with E-state index in [0.29, 0.717) is 0 Å². The van der Waals surface area contributed by atoms with Crippen LogP contribution in [-0.4, -0.2) is 25.9 Å². The topological polar surface area (TPSA) is 18.5 Å². The van der Waals surface area contributed by atoms with Gasteiger partial charge in [-0.15, -0.1) is 0 Å². The summed E-state index contributed by atoms with van der Waals surface area (Å²) in [4.78, 5) is 0. The zero-order chi connectivity index (χ0) is 13.9. The predicted octanol–water partition coefficient (Wildman–Crippen LogP) is 4.81.